The minimum absolute atomic E-state index is 0.366. The molecule has 0 spiro atoms. The topological polar surface area (TPSA) is 18.5 Å². The van der Waals surface area contributed by atoms with Gasteiger partial charge in [0.15, 0.2) is 5.79 Å². The molecule has 2 nitrogen and oxygen atoms in total. The highest BCUT2D eigenvalue weighted by Gasteiger charge is 2.22. The predicted molar refractivity (Wildman–Crippen MR) is 62.8 cm³/mol. The van der Waals surface area contributed by atoms with E-state index in [1.165, 1.54) is 44.9 Å². The molecule has 1 aliphatic rings. The molecule has 1 aliphatic carbocycles. The van der Waals surface area contributed by atoms with E-state index in [0.29, 0.717) is 0 Å². The predicted octanol–water partition coefficient (Wildman–Crippen LogP) is 3.75. The molecule has 0 aromatic carbocycles. The Morgan fingerprint density at radius 1 is 1.07 bits per heavy atom. The van der Waals surface area contributed by atoms with Crippen molar-refractivity contribution in [3.63, 3.8) is 0 Å². The van der Waals surface area contributed by atoms with Crippen LogP contribution in [0.4, 0.5) is 0 Å². The van der Waals surface area contributed by atoms with Crippen molar-refractivity contribution in [2.75, 3.05) is 14.2 Å². The molecule has 0 aromatic rings. The summed E-state index contributed by atoms with van der Waals surface area (Å²) in [5, 5.41) is 0. The van der Waals surface area contributed by atoms with E-state index >= 15 is 0 Å². The molecule has 0 atom stereocenters. The Hall–Kier alpha value is -0.0800. The highest BCUT2D eigenvalue weighted by atomic mass is 16.7. The van der Waals surface area contributed by atoms with Crippen LogP contribution in [0.1, 0.15) is 58.3 Å². The zero-order valence-electron chi connectivity index (χ0n) is 10.6. The summed E-state index contributed by atoms with van der Waals surface area (Å²) in [7, 11) is 3.45. The molecule has 0 unspecified atom stereocenters. The van der Waals surface area contributed by atoms with Crippen LogP contribution in [0, 0.1) is 5.92 Å². The number of methoxy groups -OCH3 is 2. The lowest BCUT2D eigenvalue weighted by atomic mass is 9.85. The first-order chi connectivity index (χ1) is 7.20. The lowest BCUT2D eigenvalue weighted by Gasteiger charge is -2.28. The minimum atomic E-state index is -0.366. The molecular weight excluding hydrogens is 188 g/mol. The average molecular weight is 214 g/mol. The van der Waals surface area contributed by atoms with Gasteiger partial charge < -0.3 is 9.47 Å². The summed E-state index contributed by atoms with van der Waals surface area (Å²) in [4.78, 5) is 0. The van der Waals surface area contributed by atoms with Crippen LogP contribution in [0.5, 0.6) is 0 Å². The van der Waals surface area contributed by atoms with E-state index in [9.17, 15) is 0 Å². The summed E-state index contributed by atoms with van der Waals surface area (Å²) in [5.74, 6) is 0.603. The fourth-order valence-electron chi connectivity index (χ4n) is 2.48. The van der Waals surface area contributed by atoms with E-state index in [-0.39, 0.29) is 5.79 Å². The summed E-state index contributed by atoms with van der Waals surface area (Å²) >= 11 is 0. The van der Waals surface area contributed by atoms with Crippen molar-refractivity contribution in [1.29, 1.82) is 0 Å². The Kier molecular flexibility index (Phi) is 5.62. The molecular formula is C13H26O2. The zero-order chi connectivity index (χ0) is 11.1. The smallest absolute Gasteiger partial charge is 0.164 e. The minimum Gasteiger partial charge on any atom is -0.353 e. The van der Waals surface area contributed by atoms with Crippen LogP contribution in [0.15, 0.2) is 0 Å². The van der Waals surface area contributed by atoms with Gasteiger partial charge in [0.1, 0.15) is 0 Å². The van der Waals surface area contributed by atoms with Crippen LogP contribution >= 0.6 is 0 Å². The Bertz CT molecular complexity index is 158. The molecule has 0 heterocycles. The third kappa shape index (κ3) is 4.52. The van der Waals surface area contributed by atoms with Crippen molar-refractivity contribution in [2.45, 2.75) is 64.1 Å². The van der Waals surface area contributed by atoms with Crippen molar-refractivity contribution >= 4 is 0 Å². The Morgan fingerprint density at radius 3 is 2.20 bits per heavy atom. The Balaban J connectivity index is 2.14. The maximum atomic E-state index is 5.35. The van der Waals surface area contributed by atoms with Crippen LogP contribution in [-0.2, 0) is 9.47 Å². The molecule has 0 aromatic heterocycles. The van der Waals surface area contributed by atoms with Crippen molar-refractivity contribution in [2.24, 2.45) is 5.92 Å². The highest BCUT2D eigenvalue weighted by Crippen LogP contribution is 2.29. The van der Waals surface area contributed by atoms with Crippen LogP contribution in [0.25, 0.3) is 0 Å². The maximum Gasteiger partial charge on any atom is 0.164 e. The molecule has 90 valence electrons. The first-order valence-electron chi connectivity index (χ1n) is 6.30. The zero-order valence-corrected chi connectivity index (χ0v) is 10.6. The average Bonchev–Trinajstić information content (AvgIpc) is 2.30. The van der Waals surface area contributed by atoms with Gasteiger partial charge in [-0.05, 0) is 19.3 Å². The molecule has 0 saturated heterocycles. The highest BCUT2D eigenvalue weighted by molar-refractivity contribution is 4.68. The summed E-state index contributed by atoms with van der Waals surface area (Å²) in [5.41, 5.74) is 0. The van der Waals surface area contributed by atoms with E-state index in [4.69, 9.17) is 9.47 Å². The van der Waals surface area contributed by atoms with Gasteiger partial charge >= 0.3 is 0 Å². The van der Waals surface area contributed by atoms with Gasteiger partial charge in [-0.25, -0.2) is 0 Å². The monoisotopic (exact) mass is 214 g/mol. The fraction of sp³-hybridized carbons (Fsp3) is 1.00. The molecule has 1 saturated carbocycles. The summed E-state index contributed by atoms with van der Waals surface area (Å²) < 4.78 is 10.7. The normalized spacial score (nSPS) is 19.4. The van der Waals surface area contributed by atoms with Crippen LogP contribution in [-0.4, -0.2) is 20.0 Å². The molecule has 0 N–H and O–H groups in total. The first kappa shape index (κ1) is 13.0. The van der Waals surface area contributed by atoms with Gasteiger partial charge in [-0.1, -0.05) is 38.5 Å². The number of ether oxygens (including phenoxy) is 2. The quantitative estimate of drug-likeness (QED) is 0.627. The molecule has 1 fully saturated rings. The second-order valence-electron chi connectivity index (χ2n) is 4.94. The second-order valence-corrected chi connectivity index (χ2v) is 4.94. The van der Waals surface area contributed by atoms with Gasteiger partial charge in [0.05, 0.1) is 0 Å². The van der Waals surface area contributed by atoms with Crippen molar-refractivity contribution in [3.8, 4) is 0 Å². The SMILES string of the molecule is COC(C)(CCCC1CCCCC1)OC. The van der Waals surface area contributed by atoms with Crippen LogP contribution < -0.4 is 0 Å². The molecule has 0 bridgehead atoms. The van der Waals surface area contributed by atoms with E-state index in [0.717, 1.165) is 12.3 Å². The van der Waals surface area contributed by atoms with E-state index < -0.39 is 0 Å². The molecule has 2 heteroatoms. The fourth-order valence-corrected chi connectivity index (χ4v) is 2.48. The standard InChI is InChI=1S/C13H26O2/c1-13(14-2,15-3)11-7-10-12-8-5-4-6-9-12/h12H,4-11H2,1-3H3. The maximum absolute atomic E-state index is 5.35. The summed E-state index contributed by atoms with van der Waals surface area (Å²) in [6, 6.07) is 0. The molecule has 15 heavy (non-hydrogen) atoms. The van der Waals surface area contributed by atoms with E-state index in [1.807, 2.05) is 6.92 Å². The van der Waals surface area contributed by atoms with Gasteiger partial charge in [-0.15, -0.1) is 0 Å². The lowest BCUT2D eigenvalue weighted by Crippen LogP contribution is -2.29. The first-order valence-corrected chi connectivity index (χ1v) is 6.30. The molecule has 0 radical (unpaired) electrons. The summed E-state index contributed by atoms with van der Waals surface area (Å²) in [6.45, 7) is 2.02. The summed E-state index contributed by atoms with van der Waals surface area (Å²) in [6.07, 6.45) is 10.8. The molecule has 1 rings (SSSR count). The van der Waals surface area contributed by atoms with Crippen LogP contribution in [0.2, 0.25) is 0 Å². The van der Waals surface area contributed by atoms with Gasteiger partial charge in [0.25, 0.3) is 0 Å². The number of hydrogen-bond donors (Lipinski definition) is 0. The van der Waals surface area contributed by atoms with Crippen molar-refractivity contribution in [1.82, 2.24) is 0 Å². The molecule has 0 amide bonds. The van der Waals surface area contributed by atoms with Gasteiger partial charge in [0, 0.05) is 20.6 Å². The largest absolute Gasteiger partial charge is 0.353 e. The second kappa shape index (κ2) is 6.49. The van der Waals surface area contributed by atoms with Crippen LogP contribution in [0.3, 0.4) is 0 Å². The van der Waals surface area contributed by atoms with E-state index in [1.54, 1.807) is 14.2 Å². The van der Waals surface area contributed by atoms with Crippen molar-refractivity contribution < 1.29 is 9.47 Å². The number of hydrogen-bond acceptors (Lipinski definition) is 2. The van der Waals surface area contributed by atoms with E-state index in [2.05, 4.69) is 0 Å². The molecule has 0 aliphatic heterocycles. The Morgan fingerprint density at radius 2 is 1.67 bits per heavy atom. The third-order valence-corrected chi connectivity index (χ3v) is 3.83. The number of rotatable bonds is 6. The van der Waals surface area contributed by atoms with Gasteiger partial charge in [0.2, 0.25) is 0 Å². The Labute approximate surface area is 94.3 Å². The van der Waals surface area contributed by atoms with Gasteiger partial charge in [-0.3, -0.25) is 0 Å². The van der Waals surface area contributed by atoms with Crippen molar-refractivity contribution in [3.05, 3.63) is 0 Å². The third-order valence-electron chi connectivity index (χ3n) is 3.83. The lowest BCUT2D eigenvalue weighted by molar-refractivity contribution is -0.198. The van der Waals surface area contributed by atoms with Gasteiger partial charge in [-0.2, -0.15) is 0 Å².